The molecule has 14 heavy (non-hydrogen) atoms. The van der Waals surface area contributed by atoms with Gasteiger partial charge in [0.1, 0.15) is 0 Å². The Bertz CT molecular complexity index is 229. The lowest BCUT2D eigenvalue weighted by Gasteiger charge is -2.15. The maximum atomic E-state index is 11.7. The first-order valence-corrected chi connectivity index (χ1v) is 5.69. The summed E-state index contributed by atoms with van der Waals surface area (Å²) >= 11 is 0. The van der Waals surface area contributed by atoms with Crippen LogP contribution in [0.15, 0.2) is 0 Å². The molecule has 80 valence electrons. The molecule has 1 saturated carbocycles. The zero-order valence-corrected chi connectivity index (χ0v) is 9.05. The molecule has 1 amide bonds. The minimum Gasteiger partial charge on any atom is -0.354 e. The summed E-state index contributed by atoms with van der Waals surface area (Å²) in [6.45, 7) is 6.25. The second kappa shape index (κ2) is 3.89. The highest BCUT2D eigenvalue weighted by molar-refractivity contribution is 5.82. The molecule has 1 aliphatic carbocycles. The lowest BCUT2D eigenvalue weighted by molar-refractivity contribution is -0.123. The van der Waals surface area contributed by atoms with Crippen LogP contribution in [0.4, 0.5) is 0 Å². The average molecular weight is 196 g/mol. The molecule has 2 N–H and O–H groups in total. The predicted octanol–water partition coefficient (Wildman–Crippen LogP) is 0.757. The Morgan fingerprint density at radius 3 is 2.64 bits per heavy atom. The topological polar surface area (TPSA) is 41.1 Å². The molecule has 1 heterocycles. The molecule has 0 aromatic carbocycles. The van der Waals surface area contributed by atoms with Crippen LogP contribution >= 0.6 is 0 Å². The monoisotopic (exact) mass is 196 g/mol. The van der Waals surface area contributed by atoms with Gasteiger partial charge in [-0.2, -0.15) is 0 Å². The number of carbonyl (C=O) groups is 1. The van der Waals surface area contributed by atoms with Gasteiger partial charge in [-0.05, 0) is 37.1 Å². The van der Waals surface area contributed by atoms with Crippen LogP contribution in [-0.2, 0) is 4.79 Å². The molecule has 2 rings (SSSR count). The van der Waals surface area contributed by atoms with Crippen LogP contribution in [0.2, 0.25) is 0 Å². The molecule has 4 unspecified atom stereocenters. The molecule has 0 aromatic rings. The molecule has 0 radical (unpaired) electrons. The van der Waals surface area contributed by atoms with E-state index in [9.17, 15) is 4.79 Å². The molecule has 0 spiro atoms. The minimum absolute atomic E-state index is 0.0593. The summed E-state index contributed by atoms with van der Waals surface area (Å²) in [6.07, 6.45) is 2.41. The van der Waals surface area contributed by atoms with Crippen molar-refractivity contribution in [3.05, 3.63) is 0 Å². The number of rotatable bonds is 3. The van der Waals surface area contributed by atoms with Gasteiger partial charge >= 0.3 is 0 Å². The highest BCUT2D eigenvalue weighted by Crippen LogP contribution is 2.36. The van der Waals surface area contributed by atoms with Gasteiger partial charge < -0.3 is 10.6 Å². The van der Waals surface area contributed by atoms with E-state index in [4.69, 9.17) is 0 Å². The van der Waals surface area contributed by atoms with Crippen LogP contribution in [0.3, 0.4) is 0 Å². The fourth-order valence-electron chi connectivity index (χ4n) is 2.21. The maximum Gasteiger partial charge on any atom is 0.237 e. The number of nitrogens with one attached hydrogen (secondary N) is 2. The van der Waals surface area contributed by atoms with E-state index in [1.807, 2.05) is 0 Å². The van der Waals surface area contributed by atoms with Gasteiger partial charge in [-0.25, -0.2) is 0 Å². The summed E-state index contributed by atoms with van der Waals surface area (Å²) in [5, 5.41) is 6.30. The number of hydrogen-bond donors (Lipinski definition) is 2. The smallest absolute Gasteiger partial charge is 0.237 e. The van der Waals surface area contributed by atoms with E-state index >= 15 is 0 Å². The van der Waals surface area contributed by atoms with Crippen molar-refractivity contribution < 1.29 is 4.79 Å². The van der Waals surface area contributed by atoms with Crippen molar-refractivity contribution >= 4 is 5.91 Å². The van der Waals surface area contributed by atoms with Crippen molar-refractivity contribution in [2.24, 2.45) is 17.8 Å². The summed E-state index contributed by atoms with van der Waals surface area (Å²) in [5.41, 5.74) is 0. The maximum absolute atomic E-state index is 11.7. The van der Waals surface area contributed by atoms with Crippen LogP contribution < -0.4 is 10.6 Å². The Hall–Kier alpha value is -0.570. The first kappa shape index (κ1) is 9.97. The van der Waals surface area contributed by atoms with Crippen molar-refractivity contribution in [2.45, 2.75) is 32.7 Å². The Morgan fingerprint density at radius 1 is 1.43 bits per heavy atom. The average Bonchev–Trinajstić information content (AvgIpc) is 2.67. The highest BCUT2D eigenvalue weighted by atomic mass is 16.2. The number of amides is 1. The lowest BCUT2D eigenvalue weighted by Crippen LogP contribution is -2.43. The zero-order chi connectivity index (χ0) is 10.1. The van der Waals surface area contributed by atoms with E-state index in [1.165, 1.54) is 6.42 Å². The van der Waals surface area contributed by atoms with Gasteiger partial charge in [0.15, 0.2) is 0 Å². The van der Waals surface area contributed by atoms with Gasteiger partial charge in [0, 0.05) is 6.54 Å². The molecule has 2 fully saturated rings. The van der Waals surface area contributed by atoms with E-state index in [0.717, 1.165) is 31.3 Å². The minimum atomic E-state index is 0.0593. The Morgan fingerprint density at radius 2 is 2.14 bits per heavy atom. The van der Waals surface area contributed by atoms with Gasteiger partial charge in [-0.3, -0.25) is 4.79 Å². The summed E-state index contributed by atoms with van der Waals surface area (Å²) in [7, 11) is 0. The zero-order valence-electron chi connectivity index (χ0n) is 9.05. The third-order valence-corrected chi connectivity index (χ3v) is 3.63. The number of hydrogen-bond acceptors (Lipinski definition) is 2. The second-order valence-electron chi connectivity index (χ2n) is 4.92. The van der Waals surface area contributed by atoms with E-state index in [-0.39, 0.29) is 11.9 Å². The molecular weight excluding hydrogens is 176 g/mol. The highest BCUT2D eigenvalue weighted by Gasteiger charge is 2.34. The van der Waals surface area contributed by atoms with Crippen LogP contribution in [-0.4, -0.2) is 25.0 Å². The molecule has 0 bridgehead atoms. The molecule has 0 aromatic heterocycles. The molecule has 2 aliphatic rings. The van der Waals surface area contributed by atoms with Gasteiger partial charge in [0.05, 0.1) is 6.04 Å². The third kappa shape index (κ3) is 2.08. The van der Waals surface area contributed by atoms with E-state index in [1.54, 1.807) is 0 Å². The predicted molar refractivity (Wildman–Crippen MR) is 55.9 cm³/mol. The molecule has 4 atom stereocenters. The van der Waals surface area contributed by atoms with Gasteiger partial charge in [-0.1, -0.05) is 13.8 Å². The second-order valence-corrected chi connectivity index (χ2v) is 4.92. The van der Waals surface area contributed by atoms with Gasteiger partial charge in [0.25, 0.3) is 0 Å². The van der Waals surface area contributed by atoms with Crippen LogP contribution in [0.25, 0.3) is 0 Å². The Balaban J connectivity index is 1.72. The van der Waals surface area contributed by atoms with Crippen molar-refractivity contribution in [1.82, 2.24) is 10.6 Å². The van der Waals surface area contributed by atoms with Crippen LogP contribution in [0, 0.1) is 17.8 Å². The van der Waals surface area contributed by atoms with Crippen LogP contribution in [0.1, 0.15) is 26.7 Å². The third-order valence-electron chi connectivity index (χ3n) is 3.63. The summed E-state index contributed by atoms with van der Waals surface area (Å²) in [6, 6.07) is 0.0593. The quantitative estimate of drug-likeness (QED) is 0.699. The summed E-state index contributed by atoms with van der Waals surface area (Å²) in [4.78, 5) is 11.7. The molecule has 3 nitrogen and oxygen atoms in total. The molecule has 3 heteroatoms. The lowest BCUT2D eigenvalue weighted by atomic mass is 10.0. The SMILES string of the molecule is CC1CC1CNC(=O)C1NCCC1C. The van der Waals surface area contributed by atoms with Crippen molar-refractivity contribution in [2.75, 3.05) is 13.1 Å². The van der Waals surface area contributed by atoms with Crippen molar-refractivity contribution in [3.8, 4) is 0 Å². The first-order valence-electron chi connectivity index (χ1n) is 5.69. The molecule has 1 saturated heterocycles. The first-order chi connectivity index (χ1) is 6.68. The van der Waals surface area contributed by atoms with E-state index < -0.39 is 0 Å². The summed E-state index contributed by atoms with van der Waals surface area (Å²) in [5.74, 6) is 2.26. The normalized spacial score (nSPS) is 41.0. The Kier molecular flexibility index (Phi) is 2.77. The van der Waals surface area contributed by atoms with Gasteiger partial charge in [0.2, 0.25) is 5.91 Å². The molecule has 1 aliphatic heterocycles. The fourth-order valence-corrected chi connectivity index (χ4v) is 2.21. The Labute approximate surface area is 85.6 Å². The fraction of sp³-hybridized carbons (Fsp3) is 0.909. The van der Waals surface area contributed by atoms with Crippen molar-refractivity contribution in [1.29, 1.82) is 0 Å². The van der Waals surface area contributed by atoms with Crippen molar-refractivity contribution in [3.63, 3.8) is 0 Å². The largest absolute Gasteiger partial charge is 0.354 e. The molecular formula is C11H20N2O. The van der Waals surface area contributed by atoms with E-state index in [0.29, 0.717) is 5.92 Å². The number of carbonyl (C=O) groups excluding carboxylic acids is 1. The van der Waals surface area contributed by atoms with E-state index in [2.05, 4.69) is 24.5 Å². The standard InChI is InChI=1S/C11H20N2O/c1-7-3-4-12-10(7)11(14)13-6-9-5-8(9)2/h7-10,12H,3-6H2,1-2H3,(H,13,14). The summed E-state index contributed by atoms with van der Waals surface area (Å²) < 4.78 is 0. The van der Waals surface area contributed by atoms with Gasteiger partial charge in [-0.15, -0.1) is 0 Å². The van der Waals surface area contributed by atoms with Crippen LogP contribution in [0.5, 0.6) is 0 Å².